The largest absolute Gasteiger partial charge is 0.504 e. The Morgan fingerprint density at radius 2 is 2.00 bits per heavy atom. The number of carbonyl (C=O) groups excluding carboxylic acids is 5. The van der Waals surface area contributed by atoms with Crippen molar-refractivity contribution in [2.75, 3.05) is 13.7 Å². The molecule has 5 N–H and O–H groups in total. The van der Waals surface area contributed by atoms with Crippen LogP contribution in [-0.4, -0.2) is 49.5 Å². The first-order valence-electron chi connectivity index (χ1n) is 14.1. The van der Waals surface area contributed by atoms with Gasteiger partial charge >= 0.3 is 12.1 Å². The molecule has 5 rings (SSSR count). The Morgan fingerprint density at radius 1 is 1.21 bits per heavy atom. The highest BCUT2D eigenvalue weighted by Crippen LogP contribution is 2.35. The molecule has 4 aliphatic rings. The molecule has 2 aliphatic carbocycles. The number of hydrogen-bond donors (Lipinski definition) is 5. The Kier molecular flexibility index (Phi) is 9.69. The normalized spacial score (nSPS) is 23.8. The van der Waals surface area contributed by atoms with Gasteiger partial charge in [0.25, 0.3) is 11.8 Å². The van der Waals surface area contributed by atoms with E-state index in [9.17, 15) is 24.0 Å². The average molecular weight is 592 g/mol. The summed E-state index contributed by atoms with van der Waals surface area (Å²) in [5, 5.41) is 12.8. The molecule has 1 aromatic rings. The van der Waals surface area contributed by atoms with Gasteiger partial charge in [-0.15, -0.1) is 0 Å². The number of fused-ring (bicyclic) bond motifs is 1. The smallest absolute Gasteiger partial charge is 0.322 e. The molecule has 0 spiro atoms. The molecule has 1 fully saturated rings. The van der Waals surface area contributed by atoms with Crippen LogP contribution in [0.25, 0.3) is 0 Å². The van der Waals surface area contributed by atoms with Crippen LogP contribution in [0, 0.1) is 0 Å². The minimum absolute atomic E-state index is 0.0404. The summed E-state index contributed by atoms with van der Waals surface area (Å²) >= 11 is 0. The van der Waals surface area contributed by atoms with Gasteiger partial charge in [-0.25, -0.2) is 9.59 Å². The molecule has 3 heterocycles. The van der Waals surface area contributed by atoms with Crippen LogP contribution in [0.15, 0.2) is 69.4 Å². The fourth-order valence-corrected chi connectivity index (χ4v) is 5.45. The second-order valence-electron chi connectivity index (χ2n) is 10.7. The minimum atomic E-state index is -1.24. The van der Waals surface area contributed by atoms with Gasteiger partial charge in [0, 0.05) is 25.5 Å². The average Bonchev–Trinajstić information content (AvgIpc) is 3.57. The molecule has 0 bridgehead atoms. The van der Waals surface area contributed by atoms with Crippen molar-refractivity contribution in [3.05, 3.63) is 82.1 Å². The number of allylic oxidation sites excluding steroid dienone is 3. The minimum Gasteiger partial charge on any atom is -0.504 e. The van der Waals surface area contributed by atoms with Crippen molar-refractivity contribution >= 4 is 29.8 Å². The van der Waals surface area contributed by atoms with E-state index in [4.69, 9.17) is 9.15 Å². The fourth-order valence-electron chi connectivity index (χ4n) is 5.45. The first-order valence-corrected chi connectivity index (χ1v) is 14.1. The van der Waals surface area contributed by atoms with E-state index in [1.807, 2.05) is 37.3 Å². The van der Waals surface area contributed by atoms with E-state index in [0.717, 1.165) is 41.7 Å². The number of ether oxygens (including phenoxy) is 1. The van der Waals surface area contributed by atoms with Gasteiger partial charge in [0.05, 0.1) is 19.4 Å². The molecule has 0 saturated carbocycles. The van der Waals surface area contributed by atoms with Crippen LogP contribution in [0.2, 0.25) is 0 Å². The Labute approximate surface area is 249 Å². The molecule has 1 saturated heterocycles. The first kappa shape index (κ1) is 31.1. The standard InChI is InChI=1S/C21H24N4O5.C10H13NO2/c1-11(26)22-19(28)23-15-7-3-5-12-9-13-10-17(21(2)18(27)24-20(29)25-21)30-16(13)8-4-6-14(12)15;1-3-4-8-7-11-10(12)9(8)5-6-13-2/h4,6,10,15H,3,5,7-9H2,1-2H3,(H2,22,23,26,28)(H2,24,25,27,29);3-6H,7H2,1-2H3,(H,11,12)/b6-4-;4-3-,6-5+/t15?,21-;/m0./s1. The lowest BCUT2D eigenvalue weighted by molar-refractivity contribution is -0.124. The summed E-state index contributed by atoms with van der Waals surface area (Å²) in [6.45, 7) is 5.44. The fraction of sp³-hybridized carbons (Fsp3) is 0.387. The van der Waals surface area contributed by atoms with Gasteiger partial charge in [-0.1, -0.05) is 29.9 Å². The number of amides is 7. The van der Waals surface area contributed by atoms with Gasteiger partial charge in [-0.3, -0.25) is 25.0 Å². The van der Waals surface area contributed by atoms with Crippen molar-refractivity contribution in [2.24, 2.45) is 0 Å². The third-order valence-electron chi connectivity index (χ3n) is 7.56. The number of carbonyl (C=O) groups is 5. The first-order chi connectivity index (χ1) is 20.5. The summed E-state index contributed by atoms with van der Waals surface area (Å²) in [5.74, 6) is 0.273. The number of imide groups is 2. The van der Waals surface area contributed by atoms with Gasteiger partial charge in [-0.2, -0.15) is 0 Å². The van der Waals surface area contributed by atoms with Crippen molar-refractivity contribution in [1.82, 2.24) is 26.6 Å². The number of rotatable bonds is 5. The molecule has 228 valence electrons. The van der Waals surface area contributed by atoms with E-state index in [-0.39, 0.29) is 11.9 Å². The van der Waals surface area contributed by atoms with Crippen LogP contribution in [0.1, 0.15) is 57.1 Å². The third kappa shape index (κ3) is 7.14. The summed E-state index contributed by atoms with van der Waals surface area (Å²) in [6.07, 6.45) is 14.8. The number of methoxy groups -OCH3 is 1. The number of urea groups is 2. The van der Waals surface area contributed by atoms with E-state index in [1.54, 1.807) is 20.1 Å². The Morgan fingerprint density at radius 3 is 2.67 bits per heavy atom. The summed E-state index contributed by atoms with van der Waals surface area (Å²) in [7, 11) is 1.55. The van der Waals surface area contributed by atoms with Crippen molar-refractivity contribution in [1.29, 1.82) is 0 Å². The third-order valence-corrected chi connectivity index (χ3v) is 7.56. The molecule has 0 radical (unpaired) electrons. The van der Waals surface area contributed by atoms with Crippen LogP contribution >= 0.6 is 0 Å². The van der Waals surface area contributed by atoms with Crippen molar-refractivity contribution in [3.8, 4) is 0 Å². The molecule has 43 heavy (non-hydrogen) atoms. The Bertz CT molecular complexity index is 1480. The molecule has 2 aliphatic heterocycles. The SMILES string of the molecule is C/C=C\C1=C(/C=C/OC)C(=O)NC1.CC(=O)NC(=O)NC1CCCC2=C1/C=C\Cc1oc([C@]3(C)NC(=O)NC3=O)cc1C2. The monoisotopic (exact) mass is 591 g/mol. The molecule has 12 nitrogen and oxygen atoms in total. The Balaban J connectivity index is 0.000000273. The molecule has 2 atom stereocenters. The number of nitrogens with one attached hydrogen (secondary N) is 5. The lowest BCUT2D eigenvalue weighted by Gasteiger charge is -2.28. The summed E-state index contributed by atoms with van der Waals surface area (Å²) in [5.41, 5.74) is 3.64. The lowest BCUT2D eigenvalue weighted by atomic mass is 9.83. The molecule has 1 aromatic heterocycles. The summed E-state index contributed by atoms with van der Waals surface area (Å²) in [4.78, 5) is 58.3. The topological polar surface area (TPSA) is 168 Å². The van der Waals surface area contributed by atoms with Gasteiger partial charge < -0.3 is 25.1 Å². The zero-order chi connectivity index (χ0) is 31.1. The van der Waals surface area contributed by atoms with E-state index >= 15 is 0 Å². The second-order valence-corrected chi connectivity index (χ2v) is 10.7. The quantitative estimate of drug-likeness (QED) is 0.259. The maximum absolute atomic E-state index is 12.3. The molecular formula is C31H37N5O7. The van der Waals surface area contributed by atoms with Crippen LogP contribution in [0.3, 0.4) is 0 Å². The van der Waals surface area contributed by atoms with E-state index in [2.05, 4.69) is 26.6 Å². The van der Waals surface area contributed by atoms with Gasteiger partial charge in [0.1, 0.15) is 11.5 Å². The molecule has 7 amide bonds. The predicted molar refractivity (Wildman–Crippen MR) is 157 cm³/mol. The summed E-state index contributed by atoms with van der Waals surface area (Å²) in [6, 6.07) is 0.624. The maximum Gasteiger partial charge on any atom is 0.322 e. The molecular weight excluding hydrogens is 554 g/mol. The van der Waals surface area contributed by atoms with Crippen LogP contribution < -0.4 is 26.6 Å². The zero-order valence-corrected chi connectivity index (χ0v) is 24.7. The van der Waals surface area contributed by atoms with E-state index in [0.29, 0.717) is 30.7 Å². The van der Waals surface area contributed by atoms with Crippen molar-refractivity contribution in [2.45, 2.75) is 64.5 Å². The van der Waals surface area contributed by atoms with Gasteiger partial charge in [0.2, 0.25) is 5.91 Å². The van der Waals surface area contributed by atoms with Crippen molar-refractivity contribution < 1.29 is 33.1 Å². The highest BCUT2D eigenvalue weighted by molar-refractivity contribution is 6.06. The van der Waals surface area contributed by atoms with Gasteiger partial charge in [-0.05, 0) is 68.4 Å². The predicted octanol–water partition coefficient (Wildman–Crippen LogP) is 2.83. The van der Waals surface area contributed by atoms with Crippen LogP contribution in [0.4, 0.5) is 9.59 Å². The van der Waals surface area contributed by atoms with E-state index < -0.39 is 29.4 Å². The second kappa shape index (κ2) is 13.4. The molecule has 1 unspecified atom stereocenters. The van der Waals surface area contributed by atoms with E-state index in [1.165, 1.54) is 18.8 Å². The lowest BCUT2D eigenvalue weighted by Crippen LogP contribution is -2.45. The number of furan rings is 1. The van der Waals surface area contributed by atoms with Crippen molar-refractivity contribution in [3.63, 3.8) is 0 Å². The van der Waals surface area contributed by atoms with Crippen LogP contribution in [-0.2, 0) is 37.5 Å². The molecule has 12 heteroatoms. The Hall–Kier alpha value is -4.87. The highest BCUT2D eigenvalue weighted by Gasteiger charge is 2.46. The maximum atomic E-state index is 12.3. The summed E-state index contributed by atoms with van der Waals surface area (Å²) < 4.78 is 10.8. The zero-order valence-electron chi connectivity index (χ0n) is 24.7. The highest BCUT2D eigenvalue weighted by atomic mass is 16.5. The molecule has 0 aromatic carbocycles. The van der Waals surface area contributed by atoms with Gasteiger partial charge in [0.15, 0.2) is 5.54 Å². The van der Waals surface area contributed by atoms with Crippen LogP contribution in [0.5, 0.6) is 0 Å². The number of hydrogen-bond acceptors (Lipinski definition) is 7.